The van der Waals surface area contributed by atoms with Crippen molar-refractivity contribution in [3.63, 3.8) is 0 Å². The monoisotopic (exact) mass is 296 g/mol. The van der Waals surface area contributed by atoms with Crippen LogP contribution >= 0.6 is 0 Å². The highest BCUT2D eigenvalue weighted by molar-refractivity contribution is 5.81. The second kappa shape index (κ2) is 8.35. The van der Waals surface area contributed by atoms with E-state index in [4.69, 9.17) is 14.2 Å². The van der Waals surface area contributed by atoms with Gasteiger partial charge in [0.1, 0.15) is 6.10 Å². The molecule has 1 saturated heterocycles. The van der Waals surface area contributed by atoms with Crippen LogP contribution in [0.3, 0.4) is 0 Å². The Balaban J connectivity index is 2.15. The molecule has 0 N–H and O–H groups in total. The third-order valence-corrected chi connectivity index (χ3v) is 3.54. The molecule has 1 aliphatic heterocycles. The molecular weight excluding hydrogens is 268 g/mol. The highest BCUT2D eigenvalue weighted by Gasteiger charge is 2.38. The standard InChI is InChI=1S/C17H28O4/c1-6-14-15(21-17(4,5)20-14)12-10-8-9-11-13(3)19-16(18)7-2/h6-7,13-15H,1-2,8-12H2,3-5H3/t13-,14+,15+/m1/s1. The lowest BCUT2D eigenvalue weighted by molar-refractivity contribution is -0.143. The van der Waals surface area contributed by atoms with E-state index < -0.39 is 5.79 Å². The van der Waals surface area contributed by atoms with Crippen LogP contribution < -0.4 is 0 Å². The molecule has 0 saturated carbocycles. The van der Waals surface area contributed by atoms with E-state index in [2.05, 4.69) is 13.2 Å². The highest BCUT2D eigenvalue weighted by atomic mass is 16.7. The number of rotatable bonds is 9. The lowest BCUT2D eigenvalue weighted by atomic mass is 10.0. The number of hydrogen-bond donors (Lipinski definition) is 0. The van der Waals surface area contributed by atoms with E-state index in [0.29, 0.717) is 0 Å². The summed E-state index contributed by atoms with van der Waals surface area (Å²) in [6.07, 6.45) is 8.04. The number of carbonyl (C=O) groups excluding carboxylic acids is 1. The van der Waals surface area contributed by atoms with E-state index in [1.54, 1.807) is 0 Å². The summed E-state index contributed by atoms with van der Waals surface area (Å²) < 4.78 is 16.8. The van der Waals surface area contributed by atoms with Gasteiger partial charge in [-0.25, -0.2) is 4.79 Å². The maximum Gasteiger partial charge on any atom is 0.330 e. The van der Waals surface area contributed by atoms with Gasteiger partial charge in [-0.05, 0) is 40.0 Å². The number of hydrogen-bond acceptors (Lipinski definition) is 4. The molecule has 0 amide bonds. The lowest BCUT2D eigenvalue weighted by Crippen LogP contribution is -2.21. The van der Waals surface area contributed by atoms with Crippen molar-refractivity contribution in [3.8, 4) is 0 Å². The van der Waals surface area contributed by atoms with Gasteiger partial charge >= 0.3 is 5.97 Å². The fraction of sp³-hybridized carbons (Fsp3) is 0.706. The smallest absolute Gasteiger partial charge is 0.330 e. The number of ether oxygens (including phenoxy) is 3. The normalized spacial score (nSPS) is 25.3. The minimum absolute atomic E-state index is 0.0209. The summed E-state index contributed by atoms with van der Waals surface area (Å²) in [7, 11) is 0. The van der Waals surface area contributed by atoms with Crippen molar-refractivity contribution >= 4 is 5.97 Å². The third kappa shape index (κ3) is 6.44. The molecular formula is C17H28O4. The average molecular weight is 296 g/mol. The zero-order valence-electron chi connectivity index (χ0n) is 13.5. The molecule has 0 aromatic heterocycles. The van der Waals surface area contributed by atoms with Gasteiger partial charge in [0, 0.05) is 6.08 Å². The van der Waals surface area contributed by atoms with Gasteiger partial charge in [0.2, 0.25) is 0 Å². The summed E-state index contributed by atoms with van der Waals surface area (Å²) >= 11 is 0. The molecule has 4 heteroatoms. The Kier molecular flexibility index (Phi) is 7.12. The first-order valence-corrected chi connectivity index (χ1v) is 7.69. The predicted octanol–water partition coefficient (Wildman–Crippen LogP) is 3.76. The fourth-order valence-corrected chi connectivity index (χ4v) is 2.55. The molecule has 1 aliphatic rings. The molecule has 3 atom stereocenters. The van der Waals surface area contributed by atoms with E-state index in [1.165, 1.54) is 6.08 Å². The SMILES string of the molecule is C=CC(=O)O[C@H](C)CCCCC[C@@H]1OC(C)(C)O[C@H]1C=C. The first-order chi connectivity index (χ1) is 9.88. The summed E-state index contributed by atoms with van der Waals surface area (Å²) in [6.45, 7) is 13.0. The van der Waals surface area contributed by atoms with Crippen LogP contribution in [0, 0.1) is 0 Å². The van der Waals surface area contributed by atoms with Crippen molar-refractivity contribution in [1.29, 1.82) is 0 Å². The summed E-state index contributed by atoms with van der Waals surface area (Å²) in [5, 5.41) is 0. The molecule has 0 radical (unpaired) electrons. The van der Waals surface area contributed by atoms with Crippen LogP contribution in [0.4, 0.5) is 0 Å². The van der Waals surface area contributed by atoms with Gasteiger partial charge in [0.15, 0.2) is 5.79 Å². The topological polar surface area (TPSA) is 44.8 Å². The number of carbonyl (C=O) groups is 1. The van der Waals surface area contributed by atoms with Crippen LogP contribution in [-0.4, -0.2) is 30.1 Å². The maximum atomic E-state index is 11.0. The van der Waals surface area contributed by atoms with E-state index in [-0.39, 0.29) is 24.3 Å². The van der Waals surface area contributed by atoms with Crippen LogP contribution in [-0.2, 0) is 19.0 Å². The van der Waals surface area contributed by atoms with Crippen molar-refractivity contribution in [2.75, 3.05) is 0 Å². The molecule has 21 heavy (non-hydrogen) atoms. The number of esters is 1. The van der Waals surface area contributed by atoms with Crippen molar-refractivity contribution in [3.05, 3.63) is 25.3 Å². The lowest BCUT2D eigenvalue weighted by Gasteiger charge is -2.16. The van der Waals surface area contributed by atoms with E-state index in [9.17, 15) is 4.79 Å². The molecule has 1 heterocycles. The molecule has 120 valence electrons. The Morgan fingerprint density at radius 3 is 2.62 bits per heavy atom. The Morgan fingerprint density at radius 1 is 1.29 bits per heavy atom. The quantitative estimate of drug-likeness (QED) is 0.281. The Hall–Kier alpha value is -1.13. The molecule has 1 fully saturated rings. The average Bonchev–Trinajstić information content (AvgIpc) is 2.72. The maximum absolute atomic E-state index is 11.0. The van der Waals surface area contributed by atoms with Crippen LogP contribution in [0.5, 0.6) is 0 Å². The highest BCUT2D eigenvalue weighted by Crippen LogP contribution is 2.31. The van der Waals surface area contributed by atoms with Crippen molar-refractivity contribution in [2.24, 2.45) is 0 Å². The Labute approximate surface area is 128 Å². The second-order valence-electron chi connectivity index (χ2n) is 5.96. The van der Waals surface area contributed by atoms with Gasteiger partial charge in [0.05, 0.1) is 12.2 Å². The van der Waals surface area contributed by atoms with Crippen LogP contribution in [0.1, 0.15) is 52.9 Å². The van der Waals surface area contributed by atoms with E-state index in [1.807, 2.05) is 26.8 Å². The van der Waals surface area contributed by atoms with Crippen molar-refractivity contribution in [2.45, 2.75) is 77.0 Å². The first kappa shape index (κ1) is 17.9. The third-order valence-electron chi connectivity index (χ3n) is 3.54. The van der Waals surface area contributed by atoms with Crippen molar-refractivity contribution < 1.29 is 19.0 Å². The molecule has 0 spiro atoms. The van der Waals surface area contributed by atoms with Crippen LogP contribution in [0.2, 0.25) is 0 Å². The van der Waals surface area contributed by atoms with Gasteiger partial charge < -0.3 is 14.2 Å². The van der Waals surface area contributed by atoms with Gasteiger partial charge in [-0.15, -0.1) is 6.58 Å². The zero-order valence-corrected chi connectivity index (χ0v) is 13.5. The van der Waals surface area contributed by atoms with E-state index in [0.717, 1.165) is 32.1 Å². The first-order valence-electron chi connectivity index (χ1n) is 7.69. The van der Waals surface area contributed by atoms with Crippen molar-refractivity contribution in [1.82, 2.24) is 0 Å². The largest absolute Gasteiger partial charge is 0.460 e. The van der Waals surface area contributed by atoms with Gasteiger partial charge in [-0.3, -0.25) is 0 Å². The molecule has 0 unspecified atom stereocenters. The minimum atomic E-state index is -0.517. The van der Waals surface area contributed by atoms with E-state index >= 15 is 0 Å². The molecule has 0 aromatic rings. The minimum Gasteiger partial charge on any atom is -0.460 e. The molecule has 0 aliphatic carbocycles. The molecule has 0 aromatic carbocycles. The summed E-state index contributed by atoms with van der Waals surface area (Å²) in [6, 6.07) is 0. The summed E-state index contributed by atoms with van der Waals surface area (Å²) in [4.78, 5) is 11.0. The molecule has 0 bridgehead atoms. The van der Waals surface area contributed by atoms with Gasteiger partial charge in [0.25, 0.3) is 0 Å². The number of unbranched alkanes of at least 4 members (excludes halogenated alkanes) is 2. The molecule has 4 nitrogen and oxygen atoms in total. The zero-order chi connectivity index (χ0) is 15.9. The predicted molar refractivity (Wildman–Crippen MR) is 82.9 cm³/mol. The van der Waals surface area contributed by atoms with Gasteiger partial charge in [-0.2, -0.15) is 0 Å². The van der Waals surface area contributed by atoms with Gasteiger partial charge in [-0.1, -0.05) is 25.5 Å². The summed E-state index contributed by atoms with van der Waals surface area (Å²) in [5.41, 5.74) is 0. The second-order valence-corrected chi connectivity index (χ2v) is 5.96. The molecule has 1 rings (SSSR count). The fourth-order valence-electron chi connectivity index (χ4n) is 2.55. The van der Waals surface area contributed by atoms with Crippen LogP contribution in [0.15, 0.2) is 25.3 Å². The summed E-state index contributed by atoms with van der Waals surface area (Å²) in [5.74, 6) is -0.869. The van der Waals surface area contributed by atoms with Crippen LogP contribution in [0.25, 0.3) is 0 Å². The Morgan fingerprint density at radius 2 is 2.00 bits per heavy atom. The Bertz CT molecular complexity index is 362.